The zero-order valence-electron chi connectivity index (χ0n) is 6.90. The molecule has 0 heterocycles. The molecule has 0 rings (SSSR count). The van der Waals surface area contributed by atoms with E-state index in [4.69, 9.17) is 24.6 Å². The van der Waals surface area contributed by atoms with Crippen LogP contribution in [-0.4, -0.2) is 22.9 Å². The van der Waals surface area contributed by atoms with Gasteiger partial charge in [-0.15, -0.1) is 0 Å². The van der Waals surface area contributed by atoms with E-state index in [0.717, 1.165) is 0 Å². The molecule has 0 bridgehead atoms. The van der Waals surface area contributed by atoms with Crippen LogP contribution in [0, 0.1) is 0 Å². The van der Waals surface area contributed by atoms with Gasteiger partial charge in [0.05, 0.1) is 12.7 Å². The average molecular weight is 202 g/mol. The molecule has 2 N–H and O–H groups in total. The van der Waals surface area contributed by atoms with Crippen molar-refractivity contribution in [1.82, 2.24) is 0 Å². The molecule has 0 spiro atoms. The number of aliphatic hydroxyl groups excluding tert-OH is 2. The summed E-state index contributed by atoms with van der Waals surface area (Å²) in [6, 6.07) is 0. The van der Waals surface area contributed by atoms with Gasteiger partial charge in [0, 0.05) is 0 Å². The third-order valence-corrected chi connectivity index (χ3v) is 0.264. The summed E-state index contributed by atoms with van der Waals surface area (Å²) in [6.45, 7) is 1.39. The van der Waals surface area contributed by atoms with E-state index in [-0.39, 0.29) is 65.7 Å². The molecule has 0 fully saturated rings. The van der Waals surface area contributed by atoms with E-state index in [1.54, 1.807) is 0 Å². The van der Waals surface area contributed by atoms with Crippen LogP contribution >= 0.6 is 8.25 Å². The maximum atomic E-state index is 8.52. The minimum atomic E-state index is -3.63. The number of aliphatic hydroxyl groups is 2. The second-order valence-electron chi connectivity index (χ2n) is 1.28. The molecule has 0 aromatic carbocycles. The SMILES string of the molecule is CC(O)CO.O=[PH]([O-])[O-].[Na+].[Na+]. The Labute approximate surface area is 110 Å². The van der Waals surface area contributed by atoms with Crippen molar-refractivity contribution >= 4 is 8.25 Å². The van der Waals surface area contributed by atoms with Crippen molar-refractivity contribution in [3.8, 4) is 0 Å². The van der Waals surface area contributed by atoms with Crippen molar-refractivity contribution in [2.75, 3.05) is 6.61 Å². The van der Waals surface area contributed by atoms with Gasteiger partial charge >= 0.3 is 59.1 Å². The molecule has 0 amide bonds. The molecule has 1 unspecified atom stereocenters. The molecular formula is C3H9Na2O5P. The summed E-state index contributed by atoms with van der Waals surface area (Å²) in [6.07, 6.45) is -0.560. The first-order valence-electron chi connectivity index (χ1n) is 2.17. The Kier molecular flexibility index (Phi) is 37.8. The van der Waals surface area contributed by atoms with Crippen molar-refractivity contribution in [3.05, 3.63) is 0 Å². The molecule has 0 radical (unpaired) electrons. The Bertz CT molecular complexity index is 76.1. The van der Waals surface area contributed by atoms with Gasteiger partial charge in [-0.25, -0.2) is 0 Å². The first-order valence-corrected chi connectivity index (χ1v) is 3.40. The molecule has 0 aromatic rings. The van der Waals surface area contributed by atoms with Crippen LogP contribution in [0.3, 0.4) is 0 Å². The van der Waals surface area contributed by atoms with Gasteiger partial charge in [-0.1, -0.05) is 8.25 Å². The third kappa shape index (κ3) is 73.9. The largest absolute Gasteiger partial charge is 1.00 e. The van der Waals surface area contributed by atoms with Gasteiger partial charge in [0.2, 0.25) is 0 Å². The first-order chi connectivity index (χ1) is 4.00. The van der Waals surface area contributed by atoms with Crippen molar-refractivity contribution in [2.24, 2.45) is 0 Å². The predicted octanol–water partition coefficient (Wildman–Crippen LogP) is -8.54. The molecule has 8 heteroatoms. The van der Waals surface area contributed by atoms with Gasteiger partial charge < -0.3 is 24.6 Å². The zero-order valence-corrected chi connectivity index (χ0v) is 11.9. The third-order valence-electron chi connectivity index (χ3n) is 0.264. The summed E-state index contributed by atoms with van der Waals surface area (Å²) in [4.78, 5) is 17.0. The average Bonchev–Trinajstić information content (AvgIpc) is 1.65. The van der Waals surface area contributed by atoms with E-state index in [1.165, 1.54) is 6.92 Å². The molecule has 0 saturated carbocycles. The second kappa shape index (κ2) is 18.0. The Morgan fingerprint density at radius 1 is 1.45 bits per heavy atom. The van der Waals surface area contributed by atoms with Gasteiger partial charge in [-0.2, -0.15) is 0 Å². The fourth-order valence-electron chi connectivity index (χ4n) is 0. The van der Waals surface area contributed by atoms with Crippen molar-refractivity contribution in [3.63, 3.8) is 0 Å². The standard InChI is InChI=1S/C3H8O2.2Na.H3O3P/c1-3(5)2-4;;;1-4(2)3/h3-5H,2H2,1H3;;;4H,(H2,1,2,3)/q;2*+1;/p-2. The fourth-order valence-corrected chi connectivity index (χ4v) is 0. The molecule has 0 saturated heterocycles. The van der Waals surface area contributed by atoms with Crippen LogP contribution in [0.5, 0.6) is 0 Å². The molecule has 1 atom stereocenters. The number of hydrogen-bond acceptors (Lipinski definition) is 5. The molecule has 58 valence electrons. The maximum absolute atomic E-state index is 8.52. The maximum Gasteiger partial charge on any atom is 1.00 e. The first kappa shape index (κ1) is 23.1. The topological polar surface area (TPSA) is 104 Å². The van der Waals surface area contributed by atoms with Crippen LogP contribution in [-0.2, 0) is 4.57 Å². The van der Waals surface area contributed by atoms with Gasteiger partial charge in [-0.05, 0) is 6.92 Å². The summed E-state index contributed by atoms with van der Waals surface area (Å²) >= 11 is 0. The summed E-state index contributed by atoms with van der Waals surface area (Å²) < 4.78 is 8.52. The molecule has 5 nitrogen and oxygen atoms in total. The zero-order chi connectivity index (χ0) is 7.86. The summed E-state index contributed by atoms with van der Waals surface area (Å²) in [7, 11) is -3.63. The van der Waals surface area contributed by atoms with Crippen LogP contribution in [0.4, 0.5) is 0 Å². The molecule has 0 aliphatic heterocycles. The molecular weight excluding hydrogens is 193 g/mol. The summed E-state index contributed by atoms with van der Waals surface area (Å²) in [5.41, 5.74) is 0. The number of hydrogen-bond donors (Lipinski definition) is 2. The van der Waals surface area contributed by atoms with Crippen molar-refractivity contribution in [2.45, 2.75) is 13.0 Å². The Morgan fingerprint density at radius 3 is 1.55 bits per heavy atom. The van der Waals surface area contributed by atoms with Gasteiger partial charge in [0.1, 0.15) is 0 Å². The Hall–Kier alpha value is 2.07. The normalized spacial score (nSPS) is 10.0. The van der Waals surface area contributed by atoms with E-state index in [2.05, 4.69) is 0 Å². The summed E-state index contributed by atoms with van der Waals surface area (Å²) in [5, 5.41) is 16.0. The minimum absolute atomic E-state index is 0. The van der Waals surface area contributed by atoms with Crippen LogP contribution < -0.4 is 68.9 Å². The van der Waals surface area contributed by atoms with E-state index in [0.29, 0.717) is 0 Å². The van der Waals surface area contributed by atoms with Crippen LogP contribution in [0.25, 0.3) is 0 Å². The Balaban J connectivity index is -0.0000000383. The smallest absolute Gasteiger partial charge is 0.813 e. The van der Waals surface area contributed by atoms with Gasteiger partial charge in [-0.3, -0.25) is 0 Å². The van der Waals surface area contributed by atoms with Crippen LogP contribution in [0.15, 0.2) is 0 Å². The molecule has 0 aromatic heterocycles. The second-order valence-corrected chi connectivity index (χ2v) is 1.78. The van der Waals surface area contributed by atoms with E-state index in [9.17, 15) is 0 Å². The quantitative estimate of drug-likeness (QED) is 0.324. The Morgan fingerprint density at radius 2 is 1.55 bits per heavy atom. The van der Waals surface area contributed by atoms with Crippen molar-refractivity contribution < 1.29 is 83.7 Å². The van der Waals surface area contributed by atoms with Crippen molar-refractivity contribution in [1.29, 1.82) is 0 Å². The fraction of sp³-hybridized carbons (Fsp3) is 1.00. The molecule has 11 heavy (non-hydrogen) atoms. The summed E-state index contributed by atoms with van der Waals surface area (Å²) in [5.74, 6) is 0. The molecule has 0 aliphatic rings. The molecule has 0 aliphatic carbocycles. The van der Waals surface area contributed by atoms with Crippen LogP contribution in [0.2, 0.25) is 0 Å². The van der Waals surface area contributed by atoms with E-state index in [1.807, 2.05) is 0 Å². The monoisotopic (exact) mass is 202 g/mol. The van der Waals surface area contributed by atoms with E-state index < -0.39 is 14.4 Å². The van der Waals surface area contributed by atoms with Gasteiger partial charge in [0.25, 0.3) is 0 Å². The number of rotatable bonds is 1. The predicted molar refractivity (Wildman–Crippen MR) is 27.8 cm³/mol. The van der Waals surface area contributed by atoms with Crippen LogP contribution in [0.1, 0.15) is 6.92 Å². The minimum Gasteiger partial charge on any atom is -0.813 e. The van der Waals surface area contributed by atoms with E-state index >= 15 is 0 Å². The van der Waals surface area contributed by atoms with Gasteiger partial charge in [0.15, 0.2) is 0 Å².